The van der Waals surface area contributed by atoms with Crippen molar-refractivity contribution in [3.8, 4) is 5.82 Å². The van der Waals surface area contributed by atoms with Crippen LogP contribution in [0.25, 0.3) is 5.82 Å². The van der Waals surface area contributed by atoms with Crippen LogP contribution < -0.4 is 0 Å². The normalized spacial score (nSPS) is 13.9. The maximum absolute atomic E-state index is 12.2. The molecule has 2 heterocycles. The first-order valence-electron chi connectivity index (χ1n) is 6.81. The van der Waals surface area contributed by atoms with Crippen molar-refractivity contribution in [3.63, 3.8) is 0 Å². The Morgan fingerprint density at radius 1 is 1.38 bits per heavy atom. The van der Waals surface area contributed by atoms with E-state index in [4.69, 9.17) is 4.74 Å². The van der Waals surface area contributed by atoms with Crippen LogP contribution in [0.15, 0.2) is 18.6 Å². The molecule has 1 aliphatic rings. The molecule has 0 amide bonds. The van der Waals surface area contributed by atoms with Crippen molar-refractivity contribution in [3.05, 3.63) is 35.5 Å². The zero-order valence-electron chi connectivity index (χ0n) is 11.6. The van der Waals surface area contributed by atoms with E-state index in [1.807, 2.05) is 0 Å². The lowest BCUT2D eigenvalue weighted by molar-refractivity contribution is 0.0517. The third-order valence-corrected chi connectivity index (χ3v) is 3.31. The Morgan fingerprint density at radius 3 is 2.95 bits per heavy atom. The van der Waals surface area contributed by atoms with Gasteiger partial charge in [0.15, 0.2) is 17.3 Å². The second-order valence-electron chi connectivity index (χ2n) is 4.65. The van der Waals surface area contributed by atoms with Gasteiger partial charge in [-0.15, -0.1) is 0 Å². The Bertz CT molecular complexity index is 694. The number of carbonyl (C=O) groups is 2. The van der Waals surface area contributed by atoms with E-state index in [0.717, 1.165) is 0 Å². The van der Waals surface area contributed by atoms with Crippen molar-refractivity contribution >= 4 is 11.8 Å². The SMILES string of the molecule is CCOC(=O)c1nn(-c2cnccn2)c2c1CCCC2=O. The Balaban J connectivity index is 2.17. The molecule has 2 aromatic rings. The summed E-state index contributed by atoms with van der Waals surface area (Å²) in [5.41, 5.74) is 1.27. The molecule has 0 radical (unpaired) electrons. The summed E-state index contributed by atoms with van der Waals surface area (Å²) in [6.45, 7) is 1.99. The number of hydrogen-bond acceptors (Lipinski definition) is 6. The molecule has 7 nitrogen and oxygen atoms in total. The number of aromatic nitrogens is 4. The third kappa shape index (κ3) is 2.31. The fraction of sp³-hybridized carbons (Fsp3) is 0.357. The summed E-state index contributed by atoms with van der Waals surface area (Å²) in [4.78, 5) is 32.4. The predicted molar refractivity (Wildman–Crippen MR) is 72.4 cm³/mol. The molecule has 2 aromatic heterocycles. The number of ketones is 1. The van der Waals surface area contributed by atoms with Crippen molar-refractivity contribution in [2.24, 2.45) is 0 Å². The van der Waals surface area contributed by atoms with Gasteiger partial charge in [0.25, 0.3) is 0 Å². The Labute approximate surface area is 121 Å². The topological polar surface area (TPSA) is 87.0 Å². The number of ether oxygens (including phenoxy) is 1. The minimum absolute atomic E-state index is 0.0371. The van der Waals surface area contributed by atoms with E-state index in [2.05, 4.69) is 15.1 Å². The van der Waals surface area contributed by atoms with Crippen LogP contribution in [0, 0.1) is 0 Å². The summed E-state index contributed by atoms with van der Waals surface area (Å²) in [5.74, 6) is -0.129. The van der Waals surface area contributed by atoms with Gasteiger partial charge in [-0.1, -0.05) is 0 Å². The van der Waals surface area contributed by atoms with Gasteiger partial charge in [0.05, 0.1) is 12.8 Å². The highest BCUT2D eigenvalue weighted by Gasteiger charge is 2.31. The summed E-state index contributed by atoms with van der Waals surface area (Å²) in [7, 11) is 0. The van der Waals surface area contributed by atoms with Crippen molar-refractivity contribution in [2.45, 2.75) is 26.2 Å². The van der Waals surface area contributed by atoms with Crippen LogP contribution in [0.4, 0.5) is 0 Å². The molecule has 3 rings (SSSR count). The number of fused-ring (bicyclic) bond motifs is 1. The predicted octanol–water partition coefficient (Wildman–Crippen LogP) is 1.36. The number of nitrogens with zero attached hydrogens (tertiary/aromatic N) is 4. The molecule has 0 N–H and O–H groups in total. The van der Waals surface area contributed by atoms with Gasteiger partial charge in [-0.05, 0) is 19.8 Å². The van der Waals surface area contributed by atoms with Gasteiger partial charge < -0.3 is 4.74 Å². The number of carbonyl (C=O) groups excluding carboxylic acids is 2. The van der Waals surface area contributed by atoms with Gasteiger partial charge in [-0.2, -0.15) is 5.10 Å². The molecule has 0 aromatic carbocycles. The smallest absolute Gasteiger partial charge is 0.359 e. The third-order valence-electron chi connectivity index (χ3n) is 3.31. The van der Waals surface area contributed by atoms with Crippen molar-refractivity contribution in [1.82, 2.24) is 19.7 Å². The molecule has 0 atom stereocenters. The van der Waals surface area contributed by atoms with E-state index in [0.29, 0.717) is 36.3 Å². The lowest BCUT2D eigenvalue weighted by Gasteiger charge is -2.12. The van der Waals surface area contributed by atoms with Gasteiger partial charge >= 0.3 is 5.97 Å². The first kappa shape index (κ1) is 13.4. The largest absolute Gasteiger partial charge is 0.461 e. The highest BCUT2D eigenvalue weighted by atomic mass is 16.5. The average Bonchev–Trinajstić information content (AvgIpc) is 2.89. The lowest BCUT2D eigenvalue weighted by atomic mass is 9.94. The van der Waals surface area contributed by atoms with Crippen molar-refractivity contribution in [2.75, 3.05) is 6.61 Å². The highest BCUT2D eigenvalue weighted by molar-refractivity contribution is 6.01. The maximum Gasteiger partial charge on any atom is 0.359 e. The van der Waals surface area contributed by atoms with Crippen LogP contribution in [0.3, 0.4) is 0 Å². The van der Waals surface area contributed by atoms with Gasteiger partial charge in [-0.3, -0.25) is 9.78 Å². The Morgan fingerprint density at radius 2 is 2.24 bits per heavy atom. The van der Waals surface area contributed by atoms with Crippen molar-refractivity contribution < 1.29 is 14.3 Å². The summed E-state index contributed by atoms with van der Waals surface area (Å²) in [5, 5.41) is 4.25. The summed E-state index contributed by atoms with van der Waals surface area (Å²) in [6, 6.07) is 0. The minimum atomic E-state index is -0.508. The van der Waals surface area contributed by atoms with E-state index in [1.54, 1.807) is 6.92 Å². The minimum Gasteiger partial charge on any atom is -0.461 e. The van der Waals surface area contributed by atoms with Gasteiger partial charge in [0.1, 0.15) is 5.69 Å². The fourth-order valence-corrected chi connectivity index (χ4v) is 2.45. The zero-order chi connectivity index (χ0) is 14.8. The zero-order valence-corrected chi connectivity index (χ0v) is 11.6. The summed E-state index contributed by atoms with van der Waals surface area (Å²) in [6.07, 6.45) is 6.35. The number of esters is 1. The number of hydrogen-bond donors (Lipinski definition) is 0. The molecule has 0 unspecified atom stereocenters. The van der Waals surface area contributed by atoms with E-state index >= 15 is 0 Å². The Hall–Kier alpha value is -2.57. The molecule has 108 valence electrons. The van der Waals surface area contributed by atoms with Crippen LogP contribution in [-0.4, -0.2) is 38.1 Å². The first-order valence-corrected chi connectivity index (χ1v) is 6.81. The van der Waals surface area contributed by atoms with Gasteiger partial charge in [0.2, 0.25) is 0 Å². The van der Waals surface area contributed by atoms with Gasteiger partial charge in [0, 0.05) is 24.4 Å². The first-order chi connectivity index (χ1) is 10.2. The van der Waals surface area contributed by atoms with E-state index < -0.39 is 5.97 Å². The molecule has 0 spiro atoms. The summed E-state index contributed by atoms with van der Waals surface area (Å²) >= 11 is 0. The second kappa shape index (κ2) is 5.43. The number of Topliss-reactive ketones (excluding diaryl/α,β-unsaturated/α-hetero) is 1. The fourth-order valence-electron chi connectivity index (χ4n) is 2.45. The molecule has 0 saturated carbocycles. The average molecular weight is 286 g/mol. The molecule has 7 heteroatoms. The van der Waals surface area contributed by atoms with Crippen LogP contribution in [0.2, 0.25) is 0 Å². The molecular weight excluding hydrogens is 272 g/mol. The second-order valence-corrected chi connectivity index (χ2v) is 4.65. The maximum atomic E-state index is 12.2. The van der Waals surface area contributed by atoms with Crippen LogP contribution in [0.5, 0.6) is 0 Å². The summed E-state index contributed by atoms with van der Waals surface area (Å²) < 4.78 is 6.42. The number of rotatable bonds is 3. The molecule has 0 fully saturated rings. The van der Waals surface area contributed by atoms with Crippen molar-refractivity contribution in [1.29, 1.82) is 0 Å². The molecule has 1 aliphatic carbocycles. The lowest BCUT2D eigenvalue weighted by Crippen LogP contribution is -2.16. The molecule has 0 saturated heterocycles. The van der Waals surface area contributed by atoms with E-state index in [9.17, 15) is 9.59 Å². The standard InChI is InChI=1S/C14H14N4O3/c1-2-21-14(20)12-9-4-3-5-10(19)13(9)18(17-12)11-8-15-6-7-16-11/h6-8H,2-5H2,1H3. The molecule has 0 bridgehead atoms. The highest BCUT2D eigenvalue weighted by Crippen LogP contribution is 2.26. The monoisotopic (exact) mass is 286 g/mol. The van der Waals surface area contributed by atoms with E-state index in [-0.39, 0.29) is 18.1 Å². The van der Waals surface area contributed by atoms with Gasteiger partial charge in [-0.25, -0.2) is 14.5 Å². The van der Waals surface area contributed by atoms with Crippen LogP contribution in [0.1, 0.15) is 46.3 Å². The Kier molecular flexibility index (Phi) is 3.47. The van der Waals surface area contributed by atoms with E-state index in [1.165, 1.54) is 23.3 Å². The molecular formula is C14H14N4O3. The van der Waals surface area contributed by atoms with Crippen LogP contribution >= 0.6 is 0 Å². The molecule has 21 heavy (non-hydrogen) atoms. The quantitative estimate of drug-likeness (QED) is 0.792. The molecule has 0 aliphatic heterocycles. The van der Waals surface area contributed by atoms with Crippen LogP contribution in [-0.2, 0) is 11.2 Å².